The number of ether oxygens (including phenoxy) is 1. The van der Waals surface area contributed by atoms with E-state index in [0.717, 1.165) is 28.1 Å². The van der Waals surface area contributed by atoms with Gasteiger partial charge in [0.1, 0.15) is 5.75 Å². The van der Waals surface area contributed by atoms with E-state index in [-0.39, 0.29) is 17.2 Å². The zero-order valence-corrected chi connectivity index (χ0v) is 20.5. The van der Waals surface area contributed by atoms with Gasteiger partial charge in [-0.25, -0.2) is 4.98 Å². The monoisotopic (exact) mass is 473 g/mol. The van der Waals surface area contributed by atoms with Gasteiger partial charge in [-0.15, -0.1) is 0 Å². The van der Waals surface area contributed by atoms with Crippen molar-refractivity contribution in [3.05, 3.63) is 87.7 Å². The topological polar surface area (TPSA) is 73.2 Å². The maximum atomic E-state index is 13.4. The molecule has 4 rings (SSSR count). The zero-order valence-electron chi connectivity index (χ0n) is 19.7. The lowest BCUT2D eigenvalue weighted by molar-refractivity contribution is -0.113. The molecule has 1 aromatic heterocycles. The van der Waals surface area contributed by atoms with Crippen molar-refractivity contribution in [2.24, 2.45) is 0 Å². The number of thioether (sulfide) groups is 1. The van der Waals surface area contributed by atoms with Crippen LogP contribution in [0.25, 0.3) is 16.6 Å². The predicted molar refractivity (Wildman–Crippen MR) is 139 cm³/mol. The zero-order chi connectivity index (χ0) is 24.2. The fraction of sp³-hybridized carbons (Fsp3) is 0.222. The molecule has 0 fully saturated rings. The molecule has 0 bridgehead atoms. The van der Waals surface area contributed by atoms with Gasteiger partial charge in [0.15, 0.2) is 5.16 Å². The largest absolute Gasteiger partial charge is 0.494 e. The summed E-state index contributed by atoms with van der Waals surface area (Å²) in [6.45, 7) is 8.49. The first-order chi connectivity index (χ1) is 16.4. The summed E-state index contributed by atoms with van der Waals surface area (Å²) in [4.78, 5) is 30.9. The fourth-order valence-corrected chi connectivity index (χ4v) is 4.79. The normalized spacial score (nSPS) is 10.9. The minimum atomic E-state index is -0.178. The third-order valence-electron chi connectivity index (χ3n) is 5.42. The molecule has 0 spiro atoms. The van der Waals surface area contributed by atoms with E-state index < -0.39 is 0 Å². The maximum Gasteiger partial charge on any atom is 0.266 e. The van der Waals surface area contributed by atoms with Crippen LogP contribution in [0.3, 0.4) is 0 Å². The number of carbonyl (C=O) groups excluding carboxylic acids is 1. The Balaban J connectivity index is 1.66. The molecule has 1 heterocycles. The van der Waals surface area contributed by atoms with Crippen LogP contribution in [0.1, 0.15) is 23.6 Å². The van der Waals surface area contributed by atoms with Gasteiger partial charge in [0, 0.05) is 5.69 Å². The van der Waals surface area contributed by atoms with Crippen LogP contribution in [0, 0.1) is 20.8 Å². The number of benzene rings is 3. The van der Waals surface area contributed by atoms with Crippen molar-refractivity contribution in [1.29, 1.82) is 0 Å². The highest BCUT2D eigenvalue weighted by Gasteiger charge is 2.16. The highest BCUT2D eigenvalue weighted by atomic mass is 32.2. The predicted octanol–water partition coefficient (Wildman–Crippen LogP) is 5.44. The van der Waals surface area contributed by atoms with Crippen LogP contribution in [0.5, 0.6) is 5.75 Å². The van der Waals surface area contributed by atoms with E-state index >= 15 is 0 Å². The number of fused-ring (bicyclic) bond motifs is 1. The summed E-state index contributed by atoms with van der Waals surface area (Å²) in [5.74, 6) is 0.695. The Hall–Kier alpha value is -3.58. The average molecular weight is 474 g/mol. The SMILES string of the molecule is CCOc1ccc(-n2c(SCC(=O)Nc3c(C)cc(C)cc3C)nc3ccccc3c2=O)cc1. The Bertz CT molecular complexity index is 1390. The number of nitrogens with one attached hydrogen (secondary N) is 1. The Morgan fingerprint density at radius 2 is 1.71 bits per heavy atom. The van der Waals surface area contributed by atoms with Gasteiger partial charge in [-0.3, -0.25) is 14.2 Å². The number of aromatic nitrogens is 2. The minimum Gasteiger partial charge on any atom is -0.494 e. The Kier molecular flexibility index (Phi) is 7.03. The first-order valence-electron chi connectivity index (χ1n) is 11.1. The molecule has 4 aromatic rings. The Morgan fingerprint density at radius 1 is 1.03 bits per heavy atom. The van der Waals surface area contributed by atoms with Crippen LogP contribution >= 0.6 is 11.8 Å². The lowest BCUT2D eigenvalue weighted by Gasteiger charge is -2.15. The summed E-state index contributed by atoms with van der Waals surface area (Å²) < 4.78 is 7.08. The Labute approximate surface area is 203 Å². The molecule has 6 nitrogen and oxygen atoms in total. The van der Waals surface area contributed by atoms with Gasteiger partial charge < -0.3 is 10.1 Å². The number of carbonyl (C=O) groups is 1. The number of nitrogens with zero attached hydrogens (tertiary/aromatic N) is 2. The molecule has 34 heavy (non-hydrogen) atoms. The lowest BCUT2D eigenvalue weighted by Crippen LogP contribution is -2.23. The highest BCUT2D eigenvalue weighted by Crippen LogP contribution is 2.25. The number of hydrogen-bond acceptors (Lipinski definition) is 5. The maximum absolute atomic E-state index is 13.4. The minimum absolute atomic E-state index is 0.120. The molecule has 1 amide bonds. The number of amides is 1. The average Bonchev–Trinajstić information content (AvgIpc) is 2.81. The molecular weight excluding hydrogens is 446 g/mol. The summed E-state index contributed by atoms with van der Waals surface area (Å²) in [5.41, 5.74) is 5.11. The second kappa shape index (κ2) is 10.1. The summed E-state index contributed by atoms with van der Waals surface area (Å²) in [7, 11) is 0. The standard InChI is InChI=1S/C27H27N3O3S/c1-5-33-21-12-10-20(11-13-21)30-26(32)22-8-6-7-9-23(22)28-27(30)34-16-24(31)29-25-18(3)14-17(2)15-19(25)4/h6-15H,5,16H2,1-4H3,(H,29,31). The molecular formula is C27H27N3O3S. The molecule has 0 aliphatic rings. The molecule has 0 aliphatic heterocycles. The van der Waals surface area contributed by atoms with Crippen LogP contribution in [-0.2, 0) is 4.79 Å². The van der Waals surface area contributed by atoms with Gasteiger partial charge >= 0.3 is 0 Å². The lowest BCUT2D eigenvalue weighted by atomic mass is 10.1. The molecule has 0 saturated heterocycles. The molecule has 0 radical (unpaired) electrons. The van der Waals surface area contributed by atoms with Crippen LogP contribution in [0.15, 0.2) is 70.6 Å². The third-order valence-corrected chi connectivity index (χ3v) is 6.36. The van der Waals surface area contributed by atoms with Crippen molar-refractivity contribution in [2.45, 2.75) is 32.9 Å². The summed E-state index contributed by atoms with van der Waals surface area (Å²) in [5, 5.41) is 4.00. The van der Waals surface area contributed by atoms with Crippen molar-refractivity contribution in [3.8, 4) is 11.4 Å². The number of para-hydroxylation sites is 1. The third kappa shape index (κ3) is 4.99. The van der Waals surface area contributed by atoms with E-state index in [1.807, 2.05) is 82.3 Å². The molecule has 174 valence electrons. The summed E-state index contributed by atoms with van der Waals surface area (Å²) >= 11 is 1.24. The van der Waals surface area contributed by atoms with Crippen LogP contribution in [0.4, 0.5) is 5.69 Å². The van der Waals surface area contributed by atoms with Crippen molar-refractivity contribution >= 4 is 34.3 Å². The molecule has 0 atom stereocenters. The van der Waals surface area contributed by atoms with Crippen LogP contribution in [-0.4, -0.2) is 27.8 Å². The Morgan fingerprint density at radius 3 is 2.38 bits per heavy atom. The summed E-state index contributed by atoms with van der Waals surface area (Å²) in [6, 6.07) is 18.6. The van der Waals surface area contributed by atoms with E-state index in [0.29, 0.717) is 28.4 Å². The van der Waals surface area contributed by atoms with E-state index in [1.54, 1.807) is 10.6 Å². The van der Waals surface area contributed by atoms with Crippen molar-refractivity contribution in [2.75, 3.05) is 17.7 Å². The van der Waals surface area contributed by atoms with Gasteiger partial charge in [0.2, 0.25) is 5.91 Å². The quantitative estimate of drug-likeness (QED) is 0.286. The number of anilines is 1. The first kappa shape index (κ1) is 23.6. The van der Waals surface area contributed by atoms with E-state index in [9.17, 15) is 9.59 Å². The second-order valence-corrected chi connectivity index (χ2v) is 9.03. The van der Waals surface area contributed by atoms with Gasteiger partial charge in [-0.05, 0) is 75.2 Å². The molecule has 3 aromatic carbocycles. The van der Waals surface area contributed by atoms with E-state index in [2.05, 4.69) is 5.32 Å². The van der Waals surface area contributed by atoms with Crippen molar-refractivity contribution in [1.82, 2.24) is 9.55 Å². The van der Waals surface area contributed by atoms with Crippen molar-refractivity contribution < 1.29 is 9.53 Å². The van der Waals surface area contributed by atoms with Gasteiger partial charge in [0.05, 0.1) is 29.0 Å². The highest BCUT2D eigenvalue weighted by molar-refractivity contribution is 7.99. The number of rotatable bonds is 7. The van der Waals surface area contributed by atoms with E-state index in [1.165, 1.54) is 11.8 Å². The van der Waals surface area contributed by atoms with Crippen molar-refractivity contribution in [3.63, 3.8) is 0 Å². The molecule has 1 N–H and O–H groups in total. The molecule has 0 aliphatic carbocycles. The first-order valence-corrected chi connectivity index (χ1v) is 12.1. The van der Waals surface area contributed by atoms with Gasteiger partial charge in [0.25, 0.3) is 5.56 Å². The summed E-state index contributed by atoms with van der Waals surface area (Å²) in [6.07, 6.45) is 0. The molecule has 0 saturated carbocycles. The smallest absolute Gasteiger partial charge is 0.266 e. The number of aryl methyl sites for hydroxylation is 3. The molecule has 0 unspecified atom stereocenters. The van der Waals surface area contributed by atoms with Crippen LogP contribution in [0.2, 0.25) is 0 Å². The second-order valence-electron chi connectivity index (χ2n) is 8.09. The van der Waals surface area contributed by atoms with Crippen LogP contribution < -0.4 is 15.6 Å². The fourth-order valence-electron chi connectivity index (χ4n) is 3.98. The van der Waals surface area contributed by atoms with Gasteiger partial charge in [-0.1, -0.05) is 41.6 Å². The van der Waals surface area contributed by atoms with E-state index in [4.69, 9.17) is 9.72 Å². The number of hydrogen-bond donors (Lipinski definition) is 1. The molecule has 7 heteroatoms. The van der Waals surface area contributed by atoms with Gasteiger partial charge in [-0.2, -0.15) is 0 Å².